The molecular formula is C24H29N3O2. The molecule has 0 unspecified atom stereocenters. The maximum absolute atomic E-state index is 12.4. The Morgan fingerprint density at radius 3 is 2.59 bits per heavy atom. The Balaban J connectivity index is 2.01. The van der Waals surface area contributed by atoms with Gasteiger partial charge >= 0.3 is 0 Å². The van der Waals surface area contributed by atoms with E-state index in [1.807, 2.05) is 63.3 Å². The molecule has 0 fully saturated rings. The van der Waals surface area contributed by atoms with Crippen LogP contribution in [0, 0.1) is 0 Å². The molecule has 1 aliphatic rings. The van der Waals surface area contributed by atoms with Crippen LogP contribution in [0.25, 0.3) is 5.57 Å². The van der Waals surface area contributed by atoms with Crippen LogP contribution in [-0.2, 0) is 4.74 Å². The summed E-state index contributed by atoms with van der Waals surface area (Å²) in [5.41, 5.74) is 8.75. The average molecular weight is 392 g/mol. The van der Waals surface area contributed by atoms with Gasteiger partial charge in [0.1, 0.15) is 0 Å². The Morgan fingerprint density at radius 1 is 1.28 bits per heavy atom. The van der Waals surface area contributed by atoms with Crippen LogP contribution in [-0.4, -0.2) is 32.3 Å². The van der Waals surface area contributed by atoms with Gasteiger partial charge in [0.05, 0.1) is 25.6 Å². The Labute approximate surface area is 173 Å². The number of carbonyl (C=O) groups excluding carboxylic acids is 1. The van der Waals surface area contributed by atoms with Gasteiger partial charge in [-0.2, -0.15) is 5.10 Å². The number of nitrogens with zero attached hydrogens (tertiary/aromatic N) is 1. The molecule has 0 bridgehead atoms. The molecule has 1 aliphatic heterocycles. The lowest BCUT2D eigenvalue weighted by molar-refractivity contribution is 0.0957. The molecule has 0 saturated carbocycles. The number of carbonyl (C=O) groups is 1. The Hall–Kier alpha value is -3.34. The van der Waals surface area contributed by atoms with Crippen LogP contribution in [0.4, 0.5) is 0 Å². The second-order valence-corrected chi connectivity index (χ2v) is 6.74. The molecule has 1 amide bonds. The zero-order valence-electron chi connectivity index (χ0n) is 17.6. The number of nitrogens with one attached hydrogen (secondary N) is 2. The van der Waals surface area contributed by atoms with Crippen molar-refractivity contribution in [3.63, 3.8) is 0 Å². The number of benzene rings is 1. The summed E-state index contributed by atoms with van der Waals surface area (Å²) >= 11 is 0. The van der Waals surface area contributed by atoms with Crippen molar-refractivity contribution in [1.29, 1.82) is 0 Å². The van der Waals surface area contributed by atoms with Gasteiger partial charge in [-0.15, -0.1) is 0 Å². The van der Waals surface area contributed by atoms with Crippen molar-refractivity contribution in [1.82, 2.24) is 10.7 Å². The predicted molar refractivity (Wildman–Crippen MR) is 121 cm³/mol. The molecular weight excluding hydrogens is 362 g/mol. The Kier molecular flexibility index (Phi) is 8.22. The number of rotatable bonds is 7. The molecule has 1 heterocycles. The van der Waals surface area contributed by atoms with Crippen molar-refractivity contribution in [2.24, 2.45) is 5.10 Å². The first kappa shape index (κ1) is 22.0. The van der Waals surface area contributed by atoms with Crippen molar-refractivity contribution in [2.45, 2.75) is 20.8 Å². The molecule has 0 aliphatic carbocycles. The standard InChI is InChI=1S/C24H29N3O2/c1-6-20(13-19(4)29-5)15-25-24(28)22-11-9-21(10-12-22)17(2)7-8-23-16-27-26-14-18(23)3/h6-14,27H,3,15-16H2,1-2,4-5H3,(H,25,28)/b17-7+,19-13+,20-6+,23-8-. The van der Waals surface area contributed by atoms with E-state index < -0.39 is 0 Å². The van der Waals surface area contributed by atoms with Gasteiger partial charge in [-0.05, 0) is 66.8 Å². The summed E-state index contributed by atoms with van der Waals surface area (Å²) in [6.45, 7) is 11.0. The van der Waals surface area contributed by atoms with Crippen molar-refractivity contribution in [2.75, 3.05) is 20.2 Å². The van der Waals surface area contributed by atoms with Crippen LogP contribution in [0.15, 0.2) is 82.7 Å². The Morgan fingerprint density at radius 2 is 1.97 bits per heavy atom. The fraction of sp³-hybridized carbons (Fsp3) is 0.250. The summed E-state index contributed by atoms with van der Waals surface area (Å²) in [4.78, 5) is 12.4. The van der Waals surface area contributed by atoms with Gasteiger partial charge in [0, 0.05) is 12.1 Å². The van der Waals surface area contributed by atoms with E-state index in [1.54, 1.807) is 13.3 Å². The molecule has 0 radical (unpaired) electrons. The van der Waals surface area contributed by atoms with Gasteiger partial charge in [-0.25, -0.2) is 0 Å². The number of hydrazone groups is 1. The number of hydrogen-bond acceptors (Lipinski definition) is 4. The normalized spacial score (nSPS) is 16.6. The maximum Gasteiger partial charge on any atom is 0.251 e. The summed E-state index contributed by atoms with van der Waals surface area (Å²) < 4.78 is 5.16. The zero-order valence-corrected chi connectivity index (χ0v) is 17.6. The molecule has 5 nitrogen and oxygen atoms in total. The third-order valence-electron chi connectivity index (χ3n) is 4.67. The lowest BCUT2D eigenvalue weighted by atomic mass is 10.0. The number of allylic oxidation sites excluding steroid dienone is 5. The Bertz CT molecular complexity index is 901. The number of amides is 1. The van der Waals surface area contributed by atoms with E-state index >= 15 is 0 Å². The molecule has 0 spiro atoms. The minimum absolute atomic E-state index is 0.105. The predicted octanol–water partition coefficient (Wildman–Crippen LogP) is 4.39. The van der Waals surface area contributed by atoms with Crippen molar-refractivity contribution < 1.29 is 9.53 Å². The van der Waals surface area contributed by atoms with Crippen LogP contribution < -0.4 is 10.7 Å². The first-order valence-electron chi connectivity index (χ1n) is 9.53. The minimum atomic E-state index is -0.105. The molecule has 152 valence electrons. The first-order chi connectivity index (χ1) is 13.9. The fourth-order valence-corrected chi connectivity index (χ4v) is 2.66. The first-order valence-corrected chi connectivity index (χ1v) is 9.53. The molecule has 0 aromatic heterocycles. The molecule has 1 aromatic carbocycles. The van der Waals surface area contributed by atoms with E-state index in [1.165, 1.54) is 0 Å². The summed E-state index contributed by atoms with van der Waals surface area (Å²) in [5, 5.41) is 6.92. The maximum atomic E-state index is 12.4. The minimum Gasteiger partial charge on any atom is -0.501 e. The van der Waals surface area contributed by atoms with Crippen LogP contribution in [0.3, 0.4) is 0 Å². The van der Waals surface area contributed by atoms with Gasteiger partial charge in [0.25, 0.3) is 5.91 Å². The average Bonchev–Trinajstić information content (AvgIpc) is 2.75. The molecule has 0 atom stereocenters. The number of hydrogen-bond donors (Lipinski definition) is 2. The van der Waals surface area contributed by atoms with Crippen molar-refractivity contribution in [3.05, 3.63) is 88.8 Å². The van der Waals surface area contributed by atoms with E-state index in [9.17, 15) is 4.79 Å². The summed E-state index contributed by atoms with van der Waals surface area (Å²) in [6.07, 6.45) is 9.69. The third-order valence-corrected chi connectivity index (χ3v) is 4.67. The van der Waals surface area contributed by atoms with E-state index in [4.69, 9.17) is 4.74 Å². The monoisotopic (exact) mass is 391 g/mol. The largest absolute Gasteiger partial charge is 0.501 e. The molecule has 1 aromatic rings. The lowest BCUT2D eigenvalue weighted by Gasteiger charge is -2.11. The van der Waals surface area contributed by atoms with Gasteiger partial charge in [-0.1, -0.05) is 36.9 Å². The molecule has 2 N–H and O–H groups in total. The highest BCUT2D eigenvalue weighted by Crippen LogP contribution is 2.17. The highest BCUT2D eigenvalue weighted by molar-refractivity contribution is 5.94. The van der Waals surface area contributed by atoms with Gasteiger partial charge in [0.15, 0.2) is 0 Å². The topological polar surface area (TPSA) is 62.7 Å². The molecule has 2 rings (SSSR count). The van der Waals surface area contributed by atoms with E-state index in [-0.39, 0.29) is 5.91 Å². The van der Waals surface area contributed by atoms with E-state index in [0.29, 0.717) is 18.7 Å². The number of ether oxygens (including phenoxy) is 1. The van der Waals surface area contributed by atoms with Gasteiger partial charge in [-0.3, -0.25) is 4.79 Å². The van der Waals surface area contributed by atoms with Crippen molar-refractivity contribution in [3.8, 4) is 0 Å². The van der Waals surface area contributed by atoms with Gasteiger partial charge < -0.3 is 15.5 Å². The van der Waals surface area contributed by atoms with Crippen molar-refractivity contribution >= 4 is 17.7 Å². The third kappa shape index (κ3) is 6.64. The molecule has 29 heavy (non-hydrogen) atoms. The van der Waals surface area contributed by atoms with E-state index in [0.717, 1.165) is 33.6 Å². The summed E-state index contributed by atoms with van der Waals surface area (Å²) in [5.74, 6) is 0.695. The highest BCUT2D eigenvalue weighted by Gasteiger charge is 2.07. The highest BCUT2D eigenvalue weighted by atomic mass is 16.5. The quantitative estimate of drug-likeness (QED) is 0.535. The lowest BCUT2D eigenvalue weighted by Crippen LogP contribution is -2.25. The van der Waals surface area contributed by atoms with E-state index in [2.05, 4.69) is 28.5 Å². The number of methoxy groups -OCH3 is 1. The zero-order chi connectivity index (χ0) is 21.2. The summed E-state index contributed by atoms with van der Waals surface area (Å²) in [7, 11) is 1.63. The summed E-state index contributed by atoms with van der Waals surface area (Å²) in [6, 6.07) is 7.60. The van der Waals surface area contributed by atoms with Crippen LogP contribution in [0.1, 0.15) is 36.7 Å². The van der Waals surface area contributed by atoms with Gasteiger partial charge in [0.2, 0.25) is 0 Å². The van der Waals surface area contributed by atoms with Crippen LogP contribution in [0.2, 0.25) is 0 Å². The molecule has 5 heteroatoms. The molecule has 0 saturated heterocycles. The van der Waals surface area contributed by atoms with Crippen LogP contribution in [0.5, 0.6) is 0 Å². The smallest absolute Gasteiger partial charge is 0.251 e. The SMILES string of the molecule is C=C1C=NNC/C1=C/C=C(\C)c1ccc(C(=O)NCC(=C/C)/C=C(\C)OC)cc1. The second-order valence-electron chi connectivity index (χ2n) is 6.74. The van der Waals surface area contributed by atoms with Crippen LogP contribution >= 0.6 is 0 Å². The second kappa shape index (κ2) is 10.9. The fourth-order valence-electron chi connectivity index (χ4n) is 2.66.